The van der Waals surface area contributed by atoms with E-state index >= 15 is 0 Å². The van der Waals surface area contributed by atoms with Gasteiger partial charge in [-0.15, -0.1) is 4.72 Å². The molecule has 5 heteroatoms. The van der Waals surface area contributed by atoms with Crippen molar-refractivity contribution in [2.45, 2.75) is 52.3 Å². The van der Waals surface area contributed by atoms with Crippen molar-refractivity contribution in [2.75, 3.05) is 0 Å². The molecule has 0 saturated carbocycles. The SMILES string of the molecule is CC(C)(C)[C@@H](N[S@+]([O-])C(C)(C)C)c1ccc(Cl)o1. The number of hydrogen-bond donors (Lipinski definition) is 1. The lowest BCUT2D eigenvalue weighted by Crippen LogP contribution is -2.44. The Morgan fingerprint density at radius 3 is 2.11 bits per heavy atom. The Morgan fingerprint density at radius 1 is 1.22 bits per heavy atom. The van der Waals surface area contributed by atoms with Crippen LogP contribution in [0.5, 0.6) is 0 Å². The molecule has 1 aromatic rings. The second-order valence-electron chi connectivity index (χ2n) is 6.44. The smallest absolute Gasteiger partial charge is 0.193 e. The normalized spacial score (nSPS) is 16.7. The molecule has 1 heterocycles. The van der Waals surface area contributed by atoms with Crippen LogP contribution >= 0.6 is 11.6 Å². The minimum absolute atomic E-state index is 0.123. The topological polar surface area (TPSA) is 48.2 Å². The van der Waals surface area contributed by atoms with E-state index in [1.54, 1.807) is 6.07 Å². The molecule has 0 unspecified atom stereocenters. The Labute approximate surface area is 118 Å². The van der Waals surface area contributed by atoms with E-state index in [-0.39, 0.29) is 16.2 Å². The van der Waals surface area contributed by atoms with Crippen LogP contribution in [0.15, 0.2) is 16.5 Å². The van der Waals surface area contributed by atoms with Crippen LogP contribution in [0.25, 0.3) is 0 Å². The molecule has 0 saturated heterocycles. The molecule has 0 aliphatic heterocycles. The summed E-state index contributed by atoms with van der Waals surface area (Å²) >= 11 is 4.65. The number of hydrogen-bond acceptors (Lipinski definition) is 3. The van der Waals surface area contributed by atoms with Crippen molar-refractivity contribution in [3.63, 3.8) is 0 Å². The zero-order valence-corrected chi connectivity index (χ0v) is 13.4. The standard InChI is InChI=1S/C13H22ClNO2S/c1-12(2,3)11(9-7-8-10(14)17-9)15-18(16)13(4,5)6/h7-8,11,15H,1-6H3/t11-,18+/m0/s1. The van der Waals surface area contributed by atoms with Gasteiger partial charge in [-0.2, -0.15) is 0 Å². The Kier molecular flexibility index (Phi) is 4.81. The maximum absolute atomic E-state index is 12.2. The highest BCUT2D eigenvalue weighted by Gasteiger charge is 2.37. The molecule has 18 heavy (non-hydrogen) atoms. The van der Waals surface area contributed by atoms with Crippen LogP contribution in [0.4, 0.5) is 0 Å². The summed E-state index contributed by atoms with van der Waals surface area (Å²) in [5, 5.41) is 0.350. The van der Waals surface area contributed by atoms with Gasteiger partial charge in [-0.1, -0.05) is 20.8 Å². The monoisotopic (exact) mass is 291 g/mol. The van der Waals surface area contributed by atoms with Crippen molar-refractivity contribution in [2.24, 2.45) is 5.41 Å². The first-order valence-corrected chi connectivity index (χ1v) is 7.48. The average Bonchev–Trinajstić information content (AvgIpc) is 2.57. The summed E-state index contributed by atoms with van der Waals surface area (Å²) in [7, 11) is 0. The predicted molar refractivity (Wildman–Crippen MR) is 76.9 cm³/mol. The lowest BCUT2D eigenvalue weighted by atomic mass is 9.86. The van der Waals surface area contributed by atoms with E-state index in [0.717, 1.165) is 0 Å². The summed E-state index contributed by atoms with van der Waals surface area (Å²) in [6, 6.07) is 3.38. The van der Waals surface area contributed by atoms with Gasteiger partial charge in [-0.25, -0.2) is 0 Å². The molecule has 0 amide bonds. The molecular weight excluding hydrogens is 270 g/mol. The molecule has 0 spiro atoms. The van der Waals surface area contributed by atoms with Crippen molar-refractivity contribution in [3.05, 3.63) is 23.1 Å². The second kappa shape index (κ2) is 5.45. The van der Waals surface area contributed by atoms with E-state index in [1.165, 1.54) is 0 Å². The molecular formula is C13H22ClNO2S. The first-order valence-electron chi connectivity index (χ1n) is 5.95. The maximum Gasteiger partial charge on any atom is 0.193 e. The summed E-state index contributed by atoms with van der Waals surface area (Å²) < 4.78 is 20.5. The lowest BCUT2D eigenvalue weighted by Gasteiger charge is -2.33. The van der Waals surface area contributed by atoms with Gasteiger partial charge in [0.1, 0.15) is 16.5 Å². The van der Waals surface area contributed by atoms with Gasteiger partial charge in [0.25, 0.3) is 0 Å². The van der Waals surface area contributed by atoms with Gasteiger partial charge in [0.2, 0.25) is 0 Å². The molecule has 104 valence electrons. The minimum Gasteiger partial charge on any atom is -0.598 e. The fraction of sp³-hybridized carbons (Fsp3) is 0.692. The van der Waals surface area contributed by atoms with E-state index in [2.05, 4.69) is 25.5 Å². The predicted octanol–water partition coefficient (Wildman–Crippen LogP) is 4.07. The fourth-order valence-corrected chi connectivity index (χ4v) is 2.62. The molecule has 1 rings (SSSR count). The van der Waals surface area contributed by atoms with Crippen LogP contribution in [0.1, 0.15) is 53.3 Å². The molecule has 0 aliphatic carbocycles. The second-order valence-corrected chi connectivity index (χ2v) is 8.81. The van der Waals surface area contributed by atoms with Crippen molar-refractivity contribution in [3.8, 4) is 0 Å². The highest BCUT2D eigenvalue weighted by Crippen LogP contribution is 2.36. The van der Waals surface area contributed by atoms with Gasteiger partial charge in [-0.3, -0.25) is 0 Å². The zero-order valence-electron chi connectivity index (χ0n) is 11.8. The highest BCUT2D eigenvalue weighted by atomic mass is 35.5. The van der Waals surface area contributed by atoms with Gasteiger partial charge < -0.3 is 8.97 Å². The van der Waals surface area contributed by atoms with Crippen molar-refractivity contribution < 1.29 is 8.97 Å². The van der Waals surface area contributed by atoms with E-state index in [9.17, 15) is 4.55 Å². The number of halogens is 1. The Bertz CT molecular complexity index is 392. The maximum atomic E-state index is 12.2. The summed E-state index contributed by atoms with van der Waals surface area (Å²) in [6.45, 7) is 12.0. The molecule has 1 N–H and O–H groups in total. The lowest BCUT2D eigenvalue weighted by molar-refractivity contribution is 0.264. The average molecular weight is 292 g/mol. The van der Waals surface area contributed by atoms with E-state index in [4.69, 9.17) is 16.0 Å². The van der Waals surface area contributed by atoms with Crippen LogP contribution < -0.4 is 4.72 Å². The third-order valence-corrected chi connectivity index (χ3v) is 4.29. The third kappa shape index (κ3) is 4.19. The first-order chi connectivity index (χ1) is 8.01. The largest absolute Gasteiger partial charge is 0.598 e. The Morgan fingerprint density at radius 2 is 1.78 bits per heavy atom. The minimum atomic E-state index is -1.16. The highest BCUT2D eigenvalue weighted by molar-refractivity contribution is 7.90. The number of nitrogens with one attached hydrogen (secondary N) is 1. The van der Waals surface area contributed by atoms with Gasteiger partial charge in [-0.05, 0) is 49.9 Å². The summed E-state index contributed by atoms with van der Waals surface area (Å²) in [5.41, 5.74) is -0.123. The van der Waals surface area contributed by atoms with Gasteiger partial charge in [0.05, 0.1) is 0 Å². The number of furan rings is 1. The van der Waals surface area contributed by atoms with Crippen LogP contribution in [0.2, 0.25) is 5.22 Å². The molecule has 0 aliphatic rings. The first kappa shape index (κ1) is 15.9. The third-order valence-electron chi connectivity index (χ3n) is 2.53. The molecule has 0 radical (unpaired) electrons. The quantitative estimate of drug-likeness (QED) is 0.854. The molecule has 0 aromatic carbocycles. The van der Waals surface area contributed by atoms with E-state index in [0.29, 0.717) is 11.0 Å². The summed E-state index contributed by atoms with van der Waals surface area (Å²) in [5.74, 6) is 0.713. The van der Waals surface area contributed by atoms with Crippen LogP contribution in [0, 0.1) is 5.41 Å². The Balaban J connectivity index is 2.95. The summed E-state index contributed by atoms with van der Waals surface area (Å²) in [4.78, 5) is 0. The van der Waals surface area contributed by atoms with E-state index < -0.39 is 11.4 Å². The fourth-order valence-electron chi connectivity index (χ4n) is 1.43. The van der Waals surface area contributed by atoms with Crippen molar-refractivity contribution >= 4 is 23.0 Å². The van der Waals surface area contributed by atoms with Crippen molar-refractivity contribution in [1.29, 1.82) is 0 Å². The molecule has 2 atom stereocenters. The van der Waals surface area contributed by atoms with Crippen LogP contribution in [-0.4, -0.2) is 9.30 Å². The molecule has 1 aromatic heterocycles. The van der Waals surface area contributed by atoms with Gasteiger partial charge in [0.15, 0.2) is 5.22 Å². The number of rotatable bonds is 3. The van der Waals surface area contributed by atoms with Crippen molar-refractivity contribution in [1.82, 2.24) is 4.72 Å². The van der Waals surface area contributed by atoms with Crippen LogP contribution in [0.3, 0.4) is 0 Å². The Hall–Kier alpha value is -0.160. The van der Waals surface area contributed by atoms with Gasteiger partial charge >= 0.3 is 0 Å². The van der Waals surface area contributed by atoms with Crippen LogP contribution in [-0.2, 0) is 11.4 Å². The molecule has 3 nitrogen and oxygen atoms in total. The zero-order chi connectivity index (χ0) is 14.1. The van der Waals surface area contributed by atoms with Gasteiger partial charge in [0, 0.05) is 11.4 Å². The van der Waals surface area contributed by atoms with E-state index in [1.807, 2.05) is 26.8 Å². The molecule has 0 fully saturated rings. The summed E-state index contributed by atoms with van der Waals surface area (Å²) in [6.07, 6.45) is 0. The molecule has 0 bridgehead atoms.